The number of methoxy groups -OCH3 is 1. The van der Waals surface area contributed by atoms with Gasteiger partial charge in [0.05, 0.1) is 7.11 Å². The smallest absolute Gasteiger partial charge is 0.258 e. The minimum absolute atomic E-state index is 0.114. The number of nitrogens with zero attached hydrogens (tertiary/aromatic N) is 1. The van der Waals surface area contributed by atoms with Crippen LogP contribution in [0.25, 0.3) is 0 Å². The Morgan fingerprint density at radius 1 is 1.32 bits per heavy atom. The minimum atomic E-state index is -0.270. The molecule has 7 heteroatoms. The molecule has 1 aromatic carbocycles. The van der Waals surface area contributed by atoms with E-state index in [1.54, 1.807) is 16.7 Å². The lowest BCUT2D eigenvalue weighted by Crippen LogP contribution is -2.34. The predicted molar refractivity (Wildman–Crippen MR) is 105 cm³/mol. The number of benzene rings is 1. The van der Waals surface area contributed by atoms with Gasteiger partial charge >= 0.3 is 0 Å². The van der Waals surface area contributed by atoms with Gasteiger partial charge in [0, 0.05) is 36.8 Å². The van der Waals surface area contributed by atoms with Crippen LogP contribution in [0.4, 0.5) is 0 Å². The fourth-order valence-corrected chi connectivity index (χ4v) is 3.31. The third-order valence-electron chi connectivity index (χ3n) is 4.62. The number of amides is 1. The lowest BCUT2D eigenvalue weighted by molar-refractivity contribution is -0.123. The molecule has 1 aliphatic rings. The van der Waals surface area contributed by atoms with Crippen LogP contribution in [-0.2, 0) is 17.8 Å². The average molecular weight is 386 g/mol. The number of pyridine rings is 1. The third kappa shape index (κ3) is 4.47. The summed E-state index contributed by atoms with van der Waals surface area (Å²) in [5.41, 5.74) is 1.42. The second kappa shape index (κ2) is 7.96. The second-order valence-electron chi connectivity index (χ2n) is 7.45. The molecule has 0 fully saturated rings. The molecule has 0 saturated heterocycles. The molecule has 1 N–H and O–H groups in total. The van der Waals surface area contributed by atoms with E-state index in [0.717, 1.165) is 17.7 Å². The van der Waals surface area contributed by atoms with Gasteiger partial charge in [-0.15, -0.1) is 0 Å². The number of para-hydroxylation sites is 1. The van der Waals surface area contributed by atoms with Crippen molar-refractivity contribution in [3.8, 4) is 17.2 Å². The Kier molecular flexibility index (Phi) is 5.63. The summed E-state index contributed by atoms with van der Waals surface area (Å²) in [6.07, 6.45) is 0.807. The molecular weight excluding hydrogens is 360 g/mol. The molecule has 1 aliphatic heterocycles. The summed E-state index contributed by atoms with van der Waals surface area (Å²) in [5.74, 6) is 1.55. The number of nitrogens with one attached hydrogen (secondary N) is 1. The lowest BCUT2D eigenvalue weighted by Gasteiger charge is -2.18. The second-order valence-corrected chi connectivity index (χ2v) is 7.45. The molecule has 7 nitrogen and oxygen atoms in total. The Balaban J connectivity index is 1.52. The quantitative estimate of drug-likeness (QED) is 0.788. The van der Waals surface area contributed by atoms with Crippen molar-refractivity contribution in [3.05, 3.63) is 51.9 Å². The molecule has 0 bridgehead atoms. The number of hydrogen-bond acceptors (Lipinski definition) is 5. The van der Waals surface area contributed by atoms with Crippen LogP contribution in [0, 0.1) is 6.92 Å². The van der Waals surface area contributed by atoms with E-state index in [4.69, 9.17) is 14.2 Å². The van der Waals surface area contributed by atoms with Crippen molar-refractivity contribution < 1.29 is 19.0 Å². The zero-order valence-corrected chi connectivity index (χ0v) is 16.7. The number of aryl methyl sites for hydroxylation is 1. The SMILES string of the molecule is COc1cc(C)n(CCNC(=O)COc2cccc3c2OC(C)(C)C3)c(=O)c1. The zero-order valence-electron chi connectivity index (χ0n) is 16.7. The van der Waals surface area contributed by atoms with Gasteiger partial charge in [-0.1, -0.05) is 12.1 Å². The Morgan fingerprint density at radius 2 is 2.11 bits per heavy atom. The molecule has 28 heavy (non-hydrogen) atoms. The van der Waals surface area contributed by atoms with Crippen LogP contribution in [0.3, 0.4) is 0 Å². The van der Waals surface area contributed by atoms with Gasteiger partial charge in [-0.2, -0.15) is 0 Å². The molecule has 1 amide bonds. The highest BCUT2D eigenvalue weighted by molar-refractivity contribution is 5.77. The number of fused-ring (bicyclic) bond motifs is 1. The maximum Gasteiger partial charge on any atom is 0.258 e. The van der Waals surface area contributed by atoms with E-state index in [0.29, 0.717) is 30.3 Å². The van der Waals surface area contributed by atoms with Crippen LogP contribution in [0.5, 0.6) is 17.2 Å². The van der Waals surface area contributed by atoms with Crippen LogP contribution in [-0.4, -0.2) is 36.3 Å². The van der Waals surface area contributed by atoms with Crippen molar-refractivity contribution in [2.24, 2.45) is 0 Å². The molecule has 150 valence electrons. The van der Waals surface area contributed by atoms with E-state index in [-0.39, 0.29) is 23.7 Å². The normalized spacial score (nSPS) is 14.1. The first-order valence-corrected chi connectivity index (χ1v) is 9.25. The molecule has 2 heterocycles. The van der Waals surface area contributed by atoms with E-state index in [2.05, 4.69) is 5.32 Å². The van der Waals surface area contributed by atoms with Crippen molar-refractivity contribution in [2.45, 2.75) is 39.3 Å². The number of aromatic nitrogens is 1. The fourth-order valence-electron chi connectivity index (χ4n) is 3.31. The van der Waals surface area contributed by atoms with Crippen LogP contribution < -0.4 is 25.1 Å². The molecule has 0 spiro atoms. The molecule has 0 saturated carbocycles. The van der Waals surface area contributed by atoms with Gasteiger partial charge in [-0.3, -0.25) is 9.59 Å². The number of hydrogen-bond donors (Lipinski definition) is 1. The first kappa shape index (κ1) is 19.8. The molecule has 1 aromatic heterocycles. The maximum absolute atomic E-state index is 12.1. The van der Waals surface area contributed by atoms with Crippen molar-refractivity contribution >= 4 is 5.91 Å². The standard InChI is InChI=1S/C21H26N2O5/c1-14-10-16(26-4)11-19(25)23(14)9-8-22-18(24)13-27-17-7-5-6-15-12-21(2,3)28-20(15)17/h5-7,10-11H,8-9,12-13H2,1-4H3,(H,22,24). The van der Waals surface area contributed by atoms with Crippen molar-refractivity contribution in [1.82, 2.24) is 9.88 Å². The summed E-state index contributed by atoms with van der Waals surface area (Å²) in [6.45, 7) is 6.45. The molecule has 3 rings (SSSR count). The topological polar surface area (TPSA) is 78.8 Å². The first-order valence-electron chi connectivity index (χ1n) is 9.25. The third-order valence-corrected chi connectivity index (χ3v) is 4.62. The summed E-state index contributed by atoms with van der Waals surface area (Å²) in [7, 11) is 1.52. The average Bonchev–Trinajstić information content (AvgIpc) is 2.96. The highest BCUT2D eigenvalue weighted by Gasteiger charge is 2.32. The van der Waals surface area contributed by atoms with Gasteiger partial charge in [0.25, 0.3) is 11.5 Å². The molecular formula is C21H26N2O5. The summed E-state index contributed by atoms with van der Waals surface area (Å²) in [5, 5.41) is 2.77. The Hall–Kier alpha value is -2.96. The number of carbonyl (C=O) groups is 1. The van der Waals surface area contributed by atoms with E-state index in [1.807, 2.05) is 32.9 Å². The number of ether oxygens (including phenoxy) is 3. The molecule has 0 unspecified atom stereocenters. The van der Waals surface area contributed by atoms with Gasteiger partial charge in [0.1, 0.15) is 11.4 Å². The summed E-state index contributed by atoms with van der Waals surface area (Å²) < 4.78 is 18.3. The maximum atomic E-state index is 12.1. The summed E-state index contributed by atoms with van der Waals surface area (Å²) in [6, 6.07) is 8.91. The summed E-state index contributed by atoms with van der Waals surface area (Å²) in [4.78, 5) is 24.2. The molecule has 2 aromatic rings. The van der Waals surface area contributed by atoms with E-state index in [1.165, 1.54) is 13.2 Å². The van der Waals surface area contributed by atoms with Crippen LogP contribution >= 0.6 is 0 Å². The van der Waals surface area contributed by atoms with E-state index >= 15 is 0 Å². The highest BCUT2D eigenvalue weighted by atomic mass is 16.5. The Morgan fingerprint density at radius 3 is 2.82 bits per heavy atom. The molecule has 0 atom stereocenters. The van der Waals surface area contributed by atoms with E-state index < -0.39 is 0 Å². The highest BCUT2D eigenvalue weighted by Crippen LogP contribution is 2.41. The van der Waals surface area contributed by atoms with Crippen LogP contribution in [0.1, 0.15) is 25.1 Å². The number of carbonyl (C=O) groups excluding carboxylic acids is 1. The van der Waals surface area contributed by atoms with Crippen molar-refractivity contribution in [1.29, 1.82) is 0 Å². The monoisotopic (exact) mass is 386 g/mol. The Labute approximate surface area is 164 Å². The number of rotatable bonds is 7. The zero-order chi connectivity index (χ0) is 20.3. The largest absolute Gasteiger partial charge is 0.496 e. The van der Waals surface area contributed by atoms with Gasteiger partial charge in [0.15, 0.2) is 18.1 Å². The van der Waals surface area contributed by atoms with Crippen molar-refractivity contribution in [3.63, 3.8) is 0 Å². The Bertz CT molecular complexity index is 933. The van der Waals surface area contributed by atoms with Gasteiger partial charge in [-0.25, -0.2) is 0 Å². The molecule has 0 aliphatic carbocycles. The van der Waals surface area contributed by atoms with Gasteiger partial charge < -0.3 is 24.1 Å². The lowest BCUT2D eigenvalue weighted by atomic mass is 10.0. The first-order chi connectivity index (χ1) is 13.3. The molecule has 0 radical (unpaired) electrons. The van der Waals surface area contributed by atoms with Gasteiger partial charge in [-0.05, 0) is 32.9 Å². The minimum Gasteiger partial charge on any atom is -0.496 e. The van der Waals surface area contributed by atoms with Crippen LogP contribution in [0.2, 0.25) is 0 Å². The van der Waals surface area contributed by atoms with Gasteiger partial charge in [0.2, 0.25) is 0 Å². The van der Waals surface area contributed by atoms with E-state index in [9.17, 15) is 9.59 Å². The summed E-state index contributed by atoms with van der Waals surface area (Å²) >= 11 is 0. The van der Waals surface area contributed by atoms with Crippen molar-refractivity contribution in [2.75, 3.05) is 20.3 Å². The predicted octanol–water partition coefficient (Wildman–Crippen LogP) is 2.07. The van der Waals surface area contributed by atoms with Crippen LogP contribution in [0.15, 0.2) is 35.1 Å². The fraction of sp³-hybridized carbons (Fsp3) is 0.429.